The van der Waals surface area contributed by atoms with Crippen molar-refractivity contribution in [2.45, 2.75) is 20.3 Å². The number of carbonyl (C=O) groups is 2. The van der Waals surface area contributed by atoms with Crippen molar-refractivity contribution in [3.05, 3.63) is 70.8 Å². The van der Waals surface area contributed by atoms with Gasteiger partial charge in [-0.15, -0.1) is 0 Å². The first-order valence-corrected chi connectivity index (χ1v) is 11.9. The number of thioether (sulfide) groups is 1. The highest BCUT2D eigenvalue weighted by molar-refractivity contribution is 8.26. The Balaban J connectivity index is 1.75. The number of nitrogens with zero attached hydrogens (tertiary/aromatic N) is 3. The van der Waals surface area contributed by atoms with E-state index in [1.165, 1.54) is 4.90 Å². The quantitative estimate of drug-likeness (QED) is 0.351. The predicted molar refractivity (Wildman–Crippen MR) is 134 cm³/mol. The van der Waals surface area contributed by atoms with Gasteiger partial charge in [-0.25, -0.2) is 4.68 Å². The summed E-state index contributed by atoms with van der Waals surface area (Å²) in [5, 5.41) is 15.7. The number of ether oxygens (including phenoxy) is 1. The Kier molecular flexibility index (Phi) is 7.14. The molecule has 1 aliphatic rings. The maximum atomic E-state index is 12.9. The molecule has 3 aromatic rings. The van der Waals surface area contributed by atoms with Crippen molar-refractivity contribution in [2.24, 2.45) is 0 Å². The Labute approximate surface area is 207 Å². The lowest BCUT2D eigenvalue weighted by atomic mass is 10.0. The first-order chi connectivity index (χ1) is 16.4. The smallest absolute Gasteiger partial charge is 0.266 e. The van der Waals surface area contributed by atoms with E-state index >= 15 is 0 Å². The molecule has 9 heteroatoms. The van der Waals surface area contributed by atoms with Gasteiger partial charge in [0.05, 0.1) is 17.2 Å². The van der Waals surface area contributed by atoms with E-state index in [0.717, 1.165) is 39.9 Å². The second-order valence-corrected chi connectivity index (χ2v) is 9.26. The normalized spacial score (nSPS) is 14.8. The van der Waals surface area contributed by atoms with Gasteiger partial charge in [0, 0.05) is 36.3 Å². The third-order valence-electron chi connectivity index (χ3n) is 5.21. The minimum Gasteiger partial charge on any atom is -0.550 e. The van der Waals surface area contributed by atoms with Crippen molar-refractivity contribution in [3.8, 4) is 22.7 Å². The molecule has 1 aromatic heterocycles. The Morgan fingerprint density at radius 1 is 1.24 bits per heavy atom. The van der Waals surface area contributed by atoms with E-state index in [0.29, 0.717) is 21.5 Å². The lowest BCUT2D eigenvalue weighted by Crippen LogP contribution is -2.33. The van der Waals surface area contributed by atoms with Crippen LogP contribution in [0.4, 0.5) is 0 Å². The number of thiocarbonyl (C=S) groups is 1. The van der Waals surface area contributed by atoms with Gasteiger partial charge in [0.15, 0.2) is 0 Å². The number of rotatable bonds is 8. The predicted octanol–water partition coefficient (Wildman–Crippen LogP) is 3.59. The van der Waals surface area contributed by atoms with Crippen LogP contribution >= 0.6 is 24.0 Å². The van der Waals surface area contributed by atoms with E-state index < -0.39 is 5.97 Å². The molecule has 174 valence electrons. The van der Waals surface area contributed by atoms with Crippen LogP contribution in [-0.2, 0) is 9.59 Å². The van der Waals surface area contributed by atoms with Crippen molar-refractivity contribution < 1.29 is 19.4 Å². The molecule has 1 amide bonds. The largest absolute Gasteiger partial charge is 0.550 e. The molecule has 0 atom stereocenters. The zero-order chi connectivity index (χ0) is 24.2. The lowest BCUT2D eigenvalue weighted by Gasteiger charge is -2.14. The second-order valence-electron chi connectivity index (χ2n) is 7.58. The highest BCUT2D eigenvalue weighted by Gasteiger charge is 2.32. The molecule has 0 aliphatic carbocycles. The maximum absolute atomic E-state index is 12.9. The van der Waals surface area contributed by atoms with Crippen LogP contribution < -0.4 is 9.84 Å². The lowest BCUT2D eigenvalue weighted by molar-refractivity contribution is -0.305. The first kappa shape index (κ1) is 23.7. The first-order valence-electron chi connectivity index (χ1n) is 10.7. The molecule has 7 nitrogen and oxygen atoms in total. The number of aromatic nitrogens is 2. The van der Waals surface area contributed by atoms with E-state index in [-0.39, 0.29) is 18.9 Å². The van der Waals surface area contributed by atoms with E-state index in [2.05, 4.69) is 0 Å². The number of para-hydroxylation sites is 1. The van der Waals surface area contributed by atoms with Gasteiger partial charge in [0.25, 0.3) is 5.91 Å². The highest BCUT2D eigenvalue weighted by Crippen LogP contribution is 2.35. The minimum atomic E-state index is -1.23. The molecule has 1 aliphatic heterocycles. The minimum absolute atomic E-state index is 0.0153. The Bertz CT molecular complexity index is 1280. The Hall–Kier alpha value is -3.43. The third kappa shape index (κ3) is 5.05. The van der Waals surface area contributed by atoms with Crippen molar-refractivity contribution in [2.75, 3.05) is 13.2 Å². The summed E-state index contributed by atoms with van der Waals surface area (Å²) in [7, 11) is 0. The molecule has 0 spiro atoms. The molecule has 0 bridgehead atoms. The Morgan fingerprint density at radius 3 is 2.68 bits per heavy atom. The molecule has 1 fully saturated rings. The van der Waals surface area contributed by atoms with Crippen LogP contribution in [0.25, 0.3) is 23.0 Å². The average molecular weight is 493 g/mol. The van der Waals surface area contributed by atoms with Crippen molar-refractivity contribution >= 4 is 46.3 Å². The zero-order valence-electron chi connectivity index (χ0n) is 18.7. The number of amides is 1. The molecular formula is C25H22N3O4S2-. The van der Waals surface area contributed by atoms with Gasteiger partial charge < -0.3 is 14.6 Å². The number of aliphatic carboxylic acids is 1. The van der Waals surface area contributed by atoms with Crippen LogP contribution in [0, 0.1) is 6.92 Å². The Morgan fingerprint density at radius 2 is 2.00 bits per heavy atom. The molecule has 34 heavy (non-hydrogen) atoms. The molecule has 0 radical (unpaired) electrons. The van der Waals surface area contributed by atoms with Crippen LogP contribution in [-0.4, -0.2) is 44.0 Å². The fourth-order valence-electron chi connectivity index (χ4n) is 3.58. The van der Waals surface area contributed by atoms with Crippen LogP contribution in [0.15, 0.2) is 59.6 Å². The summed E-state index contributed by atoms with van der Waals surface area (Å²) in [4.78, 5) is 25.5. The summed E-state index contributed by atoms with van der Waals surface area (Å²) in [6.07, 6.45) is 3.35. The summed E-state index contributed by atoms with van der Waals surface area (Å²) in [5.41, 5.74) is 4.19. The molecular weight excluding hydrogens is 470 g/mol. The topological polar surface area (TPSA) is 87.5 Å². The van der Waals surface area contributed by atoms with Gasteiger partial charge in [-0.05, 0) is 55.8 Å². The molecule has 4 rings (SSSR count). The van der Waals surface area contributed by atoms with Crippen molar-refractivity contribution in [3.63, 3.8) is 0 Å². The van der Waals surface area contributed by atoms with Gasteiger partial charge in [0.1, 0.15) is 15.8 Å². The molecule has 2 heterocycles. The van der Waals surface area contributed by atoms with Gasteiger partial charge in [-0.1, -0.05) is 42.2 Å². The zero-order valence-corrected chi connectivity index (χ0v) is 20.3. The SMILES string of the molecule is CCOc1ccc(-c2nn(-c3ccccc3)cc2/C=C2\SC(=S)N(CCC(=O)[O-])C2=O)cc1C. The molecule has 0 saturated carbocycles. The van der Waals surface area contributed by atoms with Crippen LogP contribution in [0.2, 0.25) is 0 Å². The average Bonchev–Trinajstić information content (AvgIpc) is 3.35. The summed E-state index contributed by atoms with van der Waals surface area (Å²) in [6.45, 7) is 4.48. The fourth-order valence-corrected chi connectivity index (χ4v) is 4.88. The van der Waals surface area contributed by atoms with E-state index in [1.54, 1.807) is 10.8 Å². The second kappa shape index (κ2) is 10.2. The van der Waals surface area contributed by atoms with Crippen LogP contribution in [0.3, 0.4) is 0 Å². The maximum Gasteiger partial charge on any atom is 0.266 e. The van der Waals surface area contributed by atoms with Crippen molar-refractivity contribution in [1.29, 1.82) is 0 Å². The number of carboxylic acids is 1. The highest BCUT2D eigenvalue weighted by atomic mass is 32.2. The number of benzene rings is 2. The van der Waals surface area contributed by atoms with Crippen LogP contribution in [0.5, 0.6) is 5.75 Å². The summed E-state index contributed by atoms with van der Waals surface area (Å²) in [6, 6.07) is 15.6. The van der Waals surface area contributed by atoms with Gasteiger partial charge in [0.2, 0.25) is 0 Å². The van der Waals surface area contributed by atoms with E-state index in [1.807, 2.05) is 68.6 Å². The number of aryl methyl sites for hydroxylation is 1. The molecule has 2 aromatic carbocycles. The van der Waals surface area contributed by atoms with E-state index in [4.69, 9.17) is 22.1 Å². The monoisotopic (exact) mass is 492 g/mol. The van der Waals surface area contributed by atoms with Gasteiger partial charge in [-0.3, -0.25) is 9.69 Å². The summed E-state index contributed by atoms with van der Waals surface area (Å²) in [5.74, 6) is -0.739. The summed E-state index contributed by atoms with van der Waals surface area (Å²) >= 11 is 6.45. The van der Waals surface area contributed by atoms with Crippen molar-refractivity contribution in [1.82, 2.24) is 14.7 Å². The van der Waals surface area contributed by atoms with Crippen LogP contribution in [0.1, 0.15) is 24.5 Å². The summed E-state index contributed by atoms with van der Waals surface area (Å²) < 4.78 is 7.76. The molecule has 0 N–H and O–H groups in total. The molecule has 1 saturated heterocycles. The third-order valence-corrected chi connectivity index (χ3v) is 6.59. The van der Waals surface area contributed by atoms with E-state index in [9.17, 15) is 14.7 Å². The number of hydrogen-bond donors (Lipinski definition) is 0. The number of hydrogen-bond acceptors (Lipinski definition) is 7. The van der Waals surface area contributed by atoms with Gasteiger partial charge >= 0.3 is 0 Å². The standard InChI is InChI=1S/C25H23N3O4S2/c1-3-32-20-10-9-17(13-16(20)2)23-18(15-28(26-23)19-7-5-4-6-8-19)14-21-24(31)27(25(33)34-21)12-11-22(29)30/h4-10,13-15H,3,11-12H2,1-2H3,(H,29,30)/p-1/b21-14-. The number of carboxylic acid groups (broad SMARTS) is 1. The fraction of sp³-hybridized carbons (Fsp3) is 0.200. The number of carbonyl (C=O) groups excluding carboxylic acids is 2. The molecule has 0 unspecified atom stereocenters. The van der Waals surface area contributed by atoms with Gasteiger partial charge in [-0.2, -0.15) is 5.10 Å².